The lowest BCUT2D eigenvalue weighted by Gasteiger charge is -2.33. The first-order chi connectivity index (χ1) is 8.17. The smallest absolute Gasteiger partial charge is 0.245 e. The Morgan fingerprint density at radius 2 is 1.94 bits per heavy atom. The van der Waals surface area contributed by atoms with E-state index in [1.165, 1.54) is 6.42 Å². The van der Waals surface area contributed by atoms with Gasteiger partial charge in [0.15, 0.2) is 0 Å². The number of hydrogen-bond donors (Lipinski definition) is 1. The molecule has 1 N–H and O–H groups in total. The number of hydrogen-bond acceptors (Lipinski definition) is 2. The van der Waals surface area contributed by atoms with E-state index in [9.17, 15) is 9.59 Å². The number of piperazine rings is 1. The largest absolute Gasteiger partial charge is 0.343 e. The molecule has 1 saturated heterocycles. The van der Waals surface area contributed by atoms with E-state index in [0.29, 0.717) is 12.0 Å². The van der Waals surface area contributed by atoms with Crippen LogP contribution in [0.4, 0.5) is 0 Å². The summed E-state index contributed by atoms with van der Waals surface area (Å²) >= 11 is 0. The van der Waals surface area contributed by atoms with E-state index >= 15 is 0 Å². The van der Waals surface area contributed by atoms with Crippen LogP contribution in [-0.4, -0.2) is 35.3 Å². The molecule has 0 bridgehead atoms. The monoisotopic (exact) mass is 238 g/mol. The van der Waals surface area contributed by atoms with E-state index in [1.807, 2.05) is 11.8 Å². The highest BCUT2D eigenvalue weighted by atomic mass is 16.2. The van der Waals surface area contributed by atoms with E-state index in [1.54, 1.807) is 0 Å². The Bertz CT molecular complexity index is 317. The first-order valence-corrected chi connectivity index (χ1v) is 6.77. The van der Waals surface area contributed by atoms with Gasteiger partial charge in [-0.15, -0.1) is 0 Å². The molecule has 0 aromatic rings. The lowest BCUT2D eigenvalue weighted by Crippen LogP contribution is -2.58. The SMILES string of the molecule is CCCC1NC(=O)CN(C2CC2CCC)C1=O. The predicted octanol–water partition coefficient (Wildman–Crippen LogP) is 1.30. The maximum Gasteiger partial charge on any atom is 0.245 e. The van der Waals surface area contributed by atoms with Crippen LogP contribution in [0.25, 0.3) is 0 Å². The van der Waals surface area contributed by atoms with Gasteiger partial charge in [0.2, 0.25) is 11.8 Å². The Morgan fingerprint density at radius 3 is 2.59 bits per heavy atom. The minimum atomic E-state index is -0.274. The summed E-state index contributed by atoms with van der Waals surface area (Å²) in [5.41, 5.74) is 0. The number of rotatable bonds is 5. The van der Waals surface area contributed by atoms with Crippen molar-refractivity contribution >= 4 is 11.8 Å². The molecule has 96 valence electrons. The van der Waals surface area contributed by atoms with Gasteiger partial charge < -0.3 is 10.2 Å². The standard InChI is InChI=1S/C13H22N2O2/c1-3-5-9-7-11(9)15-8-12(16)14-10(6-4-2)13(15)17/h9-11H,3-8H2,1-2H3,(H,14,16). The third-order valence-corrected chi connectivity index (χ3v) is 3.75. The quantitative estimate of drug-likeness (QED) is 0.785. The lowest BCUT2D eigenvalue weighted by atomic mass is 10.1. The first kappa shape index (κ1) is 12.4. The average molecular weight is 238 g/mol. The lowest BCUT2D eigenvalue weighted by molar-refractivity contribution is -0.145. The molecule has 1 aliphatic carbocycles. The zero-order chi connectivity index (χ0) is 12.4. The van der Waals surface area contributed by atoms with Crippen LogP contribution in [0.3, 0.4) is 0 Å². The minimum Gasteiger partial charge on any atom is -0.343 e. The maximum atomic E-state index is 12.2. The zero-order valence-corrected chi connectivity index (χ0v) is 10.7. The number of carbonyl (C=O) groups is 2. The molecule has 17 heavy (non-hydrogen) atoms. The highest BCUT2D eigenvalue weighted by Gasteiger charge is 2.46. The van der Waals surface area contributed by atoms with Crippen LogP contribution in [-0.2, 0) is 9.59 Å². The molecule has 2 amide bonds. The molecule has 0 aromatic carbocycles. The Labute approximate surface area is 103 Å². The van der Waals surface area contributed by atoms with Crippen LogP contribution >= 0.6 is 0 Å². The summed E-state index contributed by atoms with van der Waals surface area (Å²) in [4.78, 5) is 25.6. The molecular weight excluding hydrogens is 216 g/mol. The van der Waals surface area contributed by atoms with Gasteiger partial charge in [-0.2, -0.15) is 0 Å². The predicted molar refractivity (Wildman–Crippen MR) is 65.4 cm³/mol. The van der Waals surface area contributed by atoms with Gasteiger partial charge in [0.1, 0.15) is 6.04 Å². The molecule has 4 nitrogen and oxygen atoms in total. The van der Waals surface area contributed by atoms with Crippen molar-refractivity contribution in [3.8, 4) is 0 Å². The van der Waals surface area contributed by atoms with Gasteiger partial charge in [0.05, 0.1) is 6.54 Å². The molecule has 0 radical (unpaired) electrons. The van der Waals surface area contributed by atoms with E-state index in [-0.39, 0.29) is 24.4 Å². The summed E-state index contributed by atoms with van der Waals surface area (Å²) in [7, 11) is 0. The first-order valence-electron chi connectivity index (χ1n) is 6.77. The van der Waals surface area contributed by atoms with Gasteiger partial charge in [0, 0.05) is 6.04 Å². The number of nitrogens with zero attached hydrogens (tertiary/aromatic N) is 1. The fourth-order valence-electron chi connectivity index (χ4n) is 2.79. The summed E-state index contributed by atoms with van der Waals surface area (Å²) in [6.07, 6.45) is 5.10. The highest BCUT2D eigenvalue weighted by molar-refractivity contribution is 5.95. The van der Waals surface area contributed by atoms with Gasteiger partial charge in [-0.05, 0) is 25.2 Å². The van der Waals surface area contributed by atoms with Crippen molar-refractivity contribution in [1.82, 2.24) is 10.2 Å². The summed E-state index contributed by atoms with van der Waals surface area (Å²) in [5, 5.41) is 2.80. The molecule has 2 aliphatic rings. The van der Waals surface area contributed by atoms with Crippen LogP contribution in [0.5, 0.6) is 0 Å². The Kier molecular flexibility index (Phi) is 3.69. The van der Waals surface area contributed by atoms with Crippen LogP contribution in [0.15, 0.2) is 0 Å². The fraction of sp³-hybridized carbons (Fsp3) is 0.846. The summed E-state index contributed by atoms with van der Waals surface area (Å²) in [5.74, 6) is 0.775. The molecular formula is C13H22N2O2. The van der Waals surface area contributed by atoms with Gasteiger partial charge in [-0.3, -0.25) is 9.59 Å². The van der Waals surface area contributed by atoms with Crippen molar-refractivity contribution in [1.29, 1.82) is 0 Å². The summed E-state index contributed by atoms with van der Waals surface area (Å²) in [6, 6.07) is 0.0667. The van der Waals surface area contributed by atoms with Gasteiger partial charge in [-0.25, -0.2) is 0 Å². The maximum absolute atomic E-state index is 12.2. The number of carbonyl (C=O) groups excluding carboxylic acids is 2. The number of amides is 2. The minimum absolute atomic E-state index is 0.00481. The Hall–Kier alpha value is -1.06. The van der Waals surface area contributed by atoms with Gasteiger partial charge in [-0.1, -0.05) is 26.7 Å². The molecule has 1 heterocycles. The van der Waals surface area contributed by atoms with Gasteiger partial charge >= 0.3 is 0 Å². The zero-order valence-electron chi connectivity index (χ0n) is 10.7. The second-order valence-corrected chi connectivity index (χ2v) is 5.23. The topological polar surface area (TPSA) is 49.4 Å². The van der Waals surface area contributed by atoms with Crippen molar-refractivity contribution in [2.45, 2.75) is 58.0 Å². The van der Waals surface area contributed by atoms with Crippen LogP contribution in [0.1, 0.15) is 46.0 Å². The third-order valence-electron chi connectivity index (χ3n) is 3.75. The molecule has 2 rings (SSSR count). The van der Waals surface area contributed by atoms with Crippen molar-refractivity contribution in [2.75, 3.05) is 6.54 Å². The van der Waals surface area contributed by atoms with Crippen molar-refractivity contribution in [3.05, 3.63) is 0 Å². The molecule has 0 spiro atoms. The second kappa shape index (κ2) is 5.07. The molecule has 4 heteroatoms. The summed E-state index contributed by atoms with van der Waals surface area (Å²) in [6.45, 7) is 4.47. The fourth-order valence-corrected chi connectivity index (χ4v) is 2.79. The molecule has 1 aliphatic heterocycles. The third kappa shape index (κ3) is 2.61. The molecule has 3 atom stereocenters. The van der Waals surface area contributed by atoms with Crippen LogP contribution in [0.2, 0.25) is 0 Å². The van der Waals surface area contributed by atoms with Crippen molar-refractivity contribution in [3.63, 3.8) is 0 Å². The normalized spacial score (nSPS) is 32.6. The van der Waals surface area contributed by atoms with E-state index in [0.717, 1.165) is 25.7 Å². The highest BCUT2D eigenvalue weighted by Crippen LogP contribution is 2.40. The second-order valence-electron chi connectivity index (χ2n) is 5.23. The van der Waals surface area contributed by atoms with Gasteiger partial charge in [0.25, 0.3) is 0 Å². The van der Waals surface area contributed by atoms with Crippen molar-refractivity contribution < 1.29 is 9.59 Å². The Balaban J connectivity index is 1.97. The van der Waals surface area contributed by atoms with Crippen LogP contribution in [0, 0.1) is 5.92 Å². The van der Waals surface area contributed by atoms with E-state index in [4.69, 9.17) is 0 Å². The molecule has 1 saturated carbocycles. The average Bonchev–Trinajstić information content (AvgIpc) is 3.03. The molecule has 3 unspecified atom stereocenters. The summed E-state index contributed by atoms with van der Waals surface area (Å²) < 4.78 is 0. The van der Waals surface area contributed by atoms with Crippen LogP contribution < -0.4 is 5.32 Å². The molecule has 2 fully saturated rings. The van der Waals surface area contributed by atoms with E-state index in [2.05, 4.69) is 12.2 Å². The Morgan fingerprint density at radius 1 is 1.24 bits per heavy atom. The number of nitrogens with one attached hydrogen (secondary N) is 1. The molecule has 0 aromatic heterocycles. The van der Waals surface area contributed by atoms with E-state index < -0.39 is 0 Å². The van der Waals surface area contributed by atoms with Crippen molar-refractivity contribution in [2.24, 2.45) is 5.92 Å².